The Labute approximate surface area is 105 Å². The molecule has 0 saturated carbocycles. The van der Waals surface area contributed by atoms with Crippen molar-refractivity contribution in [3.8, 4) is 0 Å². The van der Waals surface area contributed by atoms with E-state index >= 15 is 0 Å². The van der Waals surface area contributed by atoms with Gasteiger partial charge in [-0.25, -0.2) is 4.98 Å². The second kappa shape index (κ2) is 7.24. The van der Waals surface area contributed by atoms with Crippen molar-refractivity contribution in [2.75, 3.05) is 25.1 Å². The van der Waals surface area contributed by atoms with Crippen LogP contribution in [0.15, 0.2) is 12.4 Å². The van der Waals surface area contributed by atoms with Crippen LogP contribution in [0.2, 0.25) is 0 Å². The van der Waals surface area contributed by atoms with Gasteiger partial charge in [0.25, 0.3) is 0 Å². The molecule has 0 amide bonds. The number of nitrogens with one attached hydrogen (secondary N) is 2. The van der Waals surface area contributed by atoms with Gasteiger partial charge in [0.05, 0.1) is 5.69 Å². The van der Waals surface area contributed by atoms with E-state index in [1.807, 2.05) is 0 Å². The number of rotatable bonds is 5. The number of aromatic nitrogens is 2. The van der Waals surface area contributed by atoms with Crippen molar-refractivity contribution < 1.29 is 0 Å². The van der Waals surface area contributed by atoms with Gasteiger partial charge in [0.15, 0.2) is 5.11 Å². The fourth-order valence-corrected chi connectivity index (χ4v) is 1.89. The second-order valence-electron chi connectivity index (χ2n) is 2.95. The number of hydrogen-bond acceptors (Lipinski definition) is 5. The Morgan fingerprint density at radius 1 is 1.50 bits per heavy atom. The van der Waals surface area contributed by atoms with E-state index in [9.17, 15) is 0 Å². The van der Waals surface area contributed by atoms with Gasteiger partial charge in [-0.3, -0.25) is 4.98 Å². The minimum Gasteiger partial charge on any atom is -0.382 e. The highest BCUT2D eigenvalue weighted by molar-refractivity contribution is 7.98. The number of nitrogen functional groups attached to an aromatic ring is 1. The van der Waals surface area contributed by atoms with E-state index in [0.717, 1.165) is 23.7 Å². The summed E-state index contributed by atoms with van der Waals surface area (Å²) in [5.41, 5.74) is 6.51. The second-order valence-corrected chi connectivity index (χ2v) is 4.46. The fourth-order valence-electron chi connectivity index (χ4n) is 0.983. The molecule has 0 bridgehead atoms. The molecule has 88 valence electrons. The summed E-state index contributed by atoms with van der Waals surface area (Å²) in [5, 5.41) is 6.58. The van der Waals surface area contributed by atoms with Gasteiger partial charge in [-0.05, 0) is 12.2 Å². The van der Waals surface area contributed by atoms with Crippen LogP contribution in [0.25, 0.3) is 0 Å². The smallest absolute Gasteiger partial charge is 0.166 e. The van der Waals surface area contributed by atoms with Gasteiger partial charge in [-0.15, -0.1) is 0 Å². The number of anilines is 1. The minimum absolute atomic E-state index is 0.508. The maximum Gasteiger partial charge on any atom is 0.166 e. The summed E-state index contributed by atoms with van der Waals surface area (Å²) in [4.78, 5) is 8.14. The predicted molar refractivity (Wildman–Crippen MR) is 72.3 cm³/mol. The molecule has 0 aliphatic carbocycles. The monoisotopic (exact) mass is 257 g/mol. The summed E-state index contributed by atoms with van der Waals surface area (Å²) in [7, 11) is 1.79. The normalized spacial score (nSPS) is 9.81. The largest absolute Gasteiger partial charge is 0.382 e. The lowest BCUT2D eigenvalue weighted by Gasteiger charge is -2.06. The van der Waals surface area contributed by atoms with Gasteiger partial charge in [0.2, 0.25) is 0 Å². The molecule has 0 aromatic carbocycles. The molecule has 1 heterocycles. The van der Waals surface area contributed by atoms with E-state index in [-0.39, 0.29) is 0 Å². The van der Waals surface area contributed by atoms with Crippen LogP contribution in [0.1, 0.15) is 5.69 Å². The van der Waals surface area contributed by atoms with Crippen molar-refractivity contribution in [3.63, 3.8) is 0 Å². The van der Waals surface area contributed by atoms with Gasteiger partial charge in [0.1, 0.15) is 5.82 Å². The lowest BCUT2D eigenvalue weighted by Crippen LogP contribution is -2.33. The molecule has 0 fully saturated rings. The molecule has 7 heteroatoms. The van der Waals surface area contributed by atoms with Crippen LogP contribution in [0.4, 0.5) is 5.82 Å². The molecule has 0 spiro atoms. The number of thiocarbonyl (C=S) groups is 1. The average molecular weight is 257 g/mol. The minimum atomic E-state index is 0.508. The summed E-state index contributed by atoms with van der Waals surface area (Å²) < 4.78 is 0. The van der Waals surface area contributed by atoms with Gasteiger partial charge in [-0.2, -0.15) is 11.8 Å². The lowest BCUT2D eigenvalue weighted by molar-refractivity contribution is 0.942. The van der Waals surface area contributed by atoms with E-state index in [0.29, 0.717) is 10.9 Å². The van der Waals surface area contributed by atoms with Crippen LogP contribution in [0, 0.1) is 0 Å². The third-order valence-electron chi connectivity index (χ3n) is 1.80. The van der Waals surface area contributed by atoms with Crippen LogP contribution in [-0.4, -0.2) is 34.4 Å². The molecule has 1 aromatic rings. The van der Waals surface area contributed by atoms with Gasteiger partial charge >= 0.3 is 0 Å². The zero-order valence-electron chi connectivity index (χ0n) is 9.06. The molecule has 1 rings (SSSR count). The van der Waals surface area contributed by atoms with Crippen LogP contribution in [-0.2, 0) is 5.75 Å². The maximum atomic E-state index is 5.67. The highest BCUT2D eigenvalue weighted by Gasteiger charge is 2.00. The van der Waals surface area contributed by atoms with Crippen molar-refractivity contribution in [2.45, 2.75) is 5.75 Å². The molecule has 0 aliphatic rings. The molecule has 0 saturated heterocycles. The van der Waals surface area contributed by atoms with Crippen molar-refractivity contribution in [3.05, 3.63) is 18.1 Å². The maximum absolute atomic E-state index is 5.67. The summed E-state index contributed by atoms with van der Waals surface area (Å²) >= 11 is 6.69. The molecule has 5 nitrogen and oxygen atoms in total. The number of nitrogens with two attached hydrogens (primary N) is 1. The molecular weight excluding hydrogens is 242 g/mol. The van der Waals surface area contributed by atoms with E-state index in [1.54, 1.807) is 31.2 Å². The van der Waals surface area contributed by atoms with Crippen molar-refractivity contribution in [1.82, 2.24) is 20.6 Å². The van der Waals surface area contributed by atoms with Gasteiger partial charge < -0.3 is 16.4 Å². The quantitative estimate of drug-likeness (QED) is 0.520. The van der Waals surface area contributed by atoms with Gasteiger partial charge in [-0.1, -0.05) is 0 Å². The van der Waals surface area contributed by atoms with Crippen LogP contribution in [0.3, 0.4) is 0 Å². The molecule has 0 aliphatic heterocycles. The Balaban J connectivity index is 2.17. The Bertz CT molecular complexity index is 344. The zero-order valence-corrected chi connectivity index (χ0v) is 10.7. The number of nitrogens with zero attached hydrogens (tertiary/aromatic N) is 2. The number of hydrogen-bond donors (Lipinski definition) is 3. The first-order valence-corrected chi connectivity index (χ1v) is 6.39. The third-order valence-corrected chi connectivity index (χ3v) is 3.12. The van der Waals surface area contributed by atoms with E-state index in [4.69, 9.17) is 18.0 Å². The van der Waals surface area contributed by atoms with Crippen molar-refractivity contribution in [2.24, 2.45) is 0 Å². The molecule has 0 radical (unpaired) electrons. The molecule has 1 aromatic heterocycles. The van der Waals surface area contributed by atoms with E-state index < -0.39 is 0 Å². The zero-order chi connectivity index (χ0) is 11.8. The van der Waals surface area contributed by atoms with Crippen LogP contribution in [0.5, 0.6) is 0 Å². The third kappa shape index (κ3) is 4.63. The highest BCUT2D eigenvalue weighted by atomic mass is 32.2. The molecular formula is C9H15N5S2. The standard InChI is InChI=1S/C9H15N5S2/c1-11-9(15)14-4-5-16-6-7-8(10)13-3-2-12-7/h2-3H,4-6H2,1H3,(H2,10,13)(H2,11,14,15). The fraction of sp³-hybridized carbons (Fsp3) is 0.444. The summed E-state index contributed by atoms with van der Waals surface area (Å²) in [6, 6.07) is 0. The first-order chi connectivity index (χ1) is 7.74. The topological polar surface area (TPSA) is 75.9 Å². The highest BCUT2D eigenvalue weighted by Crippen LogP contribution is 2.12. The Morgan fingerprint density at radius 3 is 2.94 bits per heavy atom. The lowest BCUT2D eigenvalue weighted by atomic mass is 10.5. The summed E-state index contributed by atoms with van der Waals surface area (Å²) in [6.45, 7) is 0.824. The first kappa shape index (κ1) is 13.0. The summed E-state index contributed by atoms with van der Waals surface area (Å²) in [5.74, 6) is 2.22. The van der Waals surface area contributed by atoms with Crippen LogP contribution < -0.4 is 16.4 Å². The predicted octanol–water partition coefficient (Wildman–Crippen LogP) is 0.386. The Morgan fingerprint density at radius 2 is 2.25 bits per heavy atom. The summed E-state index contributed by atoms with van der Waals surface area (Å²) in [6.07, 6.45) is 3.25. The first-order valence-electron chi connectivity index (χ1n) is 4.82. The average Bonchev–Trinajstić information content (AvgIpc) is 2.30. The SMILES string of the molecule is CNC(=S)NCCSCc1nccnc1N. The molecule has 4 N–H and O–H groups in total. The Kier molecular flexibility index (Phi) is 5.87. The van der Waals surface area contributed by atoms with Crippen molar-refractivity contribution >= 4 is 34.9 Å². The van der Waals surface area contributed by atoms with E-state index in [1.165, 1.54) is 0 Å². The molecule has 16 heavy (non-hydrogen) atoms. The Hall–Kier alpha value is -1.08. The number of thioether (sulfide) groups is 1. The molecule has 0 atom stereocenters. The van der Waals surface area contributed by atoms with E-state index in [2.05, 4.69) is 20.6 Å². The van der Waals surface area contributed by atoms with Gasteiger partial charge in [0, 0.05) is 37.5 Å². The van der Waals surface area contributed by atoms with Crippen LogP contribution >= 0.6 is 24.0 Å². The van der Waals surface area contributed by atoms with Crippen molar-refractivity contribution in [1.29, 1.82) is 0 Å². The molecule has 0 unspecified atom stereocenters.